The summed E-state index contributed by atoms with van der Waals surface area (Å²) in [6.07, 6.45) is 1.59. The zero-order valence-corrected chi connectivity index (χ0v) is 11.1. The lowest BCUT2D eigenvalue weighted by Crippen LogP contribution is -2.46. The minimum atomic E-state index is -0.812. The predicted molar refractivity (Wildman–Crippen MR) is 68.3 cm³/mol. The summed E-state index contributed by atoms with van der Waals surface area (Å²) < 4.78 is 0.963. The molecule has 0 bridgehead atoms. The number of anilines is 1. The summed E-state index contributed by atoms with van der Waals surface area (Å²) in [5, 5.41) is 1.03. The Balaban J connectivity index is 2.29. The quantitative estimate of drug-likeness (QED) is 0.806. The summed E-state index contributed by atoms with van der Waals surface area (Å²) in [5.41, 5.74) is 3.42. The first-order chi connectivity index (χ1) is 7.58. The highest BCUT2D eigenvalue weighted by molar-refractivity contribution is 9.10. The van der Waals surface area contributed by atoms with E-state index in [9.17, 15) is 4.79 Å². The van der Waals surface area contributed by atoms with Crippen molar-refractivity contribution >= 4 is 50.7 Å². The van der Waals surface area contributed by atoms with Crippen molar-refractivity contribution in [1.82, 2.24) is 5.43 Å². The molecule has 0 fully saturated rings. The summed E-state index contributed by atoms with van der Waals surface area (Å²) in [5.74, 6) is -0.336. The van der Waals surface area contributed by atoms with Crippen molar-refractivity contribution in [3.63, 3.8) is 0 Å². The number of nitrogens with zero attached hydrogens (tertiary/aromatic N) is 1. The Bertz CT molecular complexity index is 447. The fraction of sp³-hybridized carbons (Fsp3) is 0.100. The first-order valence-corrected chi connectivity index (χ1v) is 6.05. The van der Waals surface area contributed by atoms with Gasteiger partial charge in [-0.25, -0.2) is 0 Å². The summed E-state index contributed by atoms with van der Waals surface area (Å²) in [7, 11) is 0. The lowest BCUT2D eigenvalue weighted by molar-refractivity contribution is -0.120. The van der Waals surface area contributed by atoms with Crippen molar-refractivity contribution in [3.8, 4) is 0 Å². The van der Waals surface area contributed by atoms with Crippen LogP contribution in [0, 0.1) is 0 Å². The van der Waals surface area contributed by atoms with Gasteiger partial charge in [0.1, 0.15) is 0 Å². The Kier molecular flexibility index (Phi) is 3.42. The van der Waals surface area contributed by atoms with E-state index < -0.39 is 5.38 Å². The van der Waals surface area contributed by atoms with Crippen LogP contribution in [0.2, 0.25) is 0 Å². The summed E-state index contributed by atoms with van der Waals surface area (Å²) in [6.45, 7) is 0. The molecule has 2 rings (SSSR count). The van der Waals surface area contributed by atoms with Gasteiger partial charge in [-0.2, -0.15) is 0 Å². The van der Waals surface area contributed by atoms with Crippen molar-refractivity contribution in [2.24, 2.45) is 0 Å². The van der Waals surface area contributed by atoms with Gasteiger partial charge in [0.05, 0.1) is 10.7 Å². The van der Waals surface area contributed by atoms with Crippen LogP contribution in [-0.2, 0) is 4.79 Å². The molecule has 6 heteroatoms. The molecule has 0 radical (unpaired) electrons. The highest BCUT2D eigenvalue weighted by atomic mass is 79.9. The first-order valence-electron chi connectivity index (χ1n) is 4.44. The van der Waals surface area contributed by atoms with Crippen molar-refractivity contribution in [2.45, 2.75) is 5.38 Å². The van der Waals surface area contributed by atoms with E-state index in [2.05, 4.69) is 21.4 Å². The van der Waals surface area contributed by atoms with E-state index >= 15 is 0 Å². The number of benzene rings is 1. The molecular formula is C10H7BrCl2N2O. The van der Waals surface area contributed by atoms with Gasteiger partial charge >= 0.3 is 0 Å². The molecule has 1 aliphatic rings. The van der Waals surface area contributed by atoms with Gasteiger partial charge in [-0.05, 0) is 24.3 Å². The lowest BCUT2D eigenvalue weighted by Gasteiger charge is -2.27. The molecule has 0 saturated carbocycles. The number of carbonyl (C=O) groups is 1. The smallest absolute Gasteiger partial charge is 0.262 e. The monoisotopic (exact) mass is 320 g/mol. The molecule has 0 saturated heterocycles. The molecule has 1 atom stereocenters. The molecule has 3 nitrogen and oxygen atoms in total. The molecule has 84 valence electrons. The number of alkyl halides is 1. The maximum atomic E-state index is 11.4. The second-order valence-electron chi connectivity index (χ2n) is 3.20. The van der Waals surface area contributed by atoms with Gasteiger partial charge < -0.3 is 0 Å². The summed E-state index contributed by atoms with van der Waals surface area (Å²) in [6, 6.07) is 7.44. The minimum Gasteiger partial charge on any atom is -0.271 e. The number of nitrogens with one attached hydrogen (secondary N) is 1. The number of hydrogen-bond acceptors (Lipinski definition) is 2. The van der Waals surface area contributed by atoms with Crippen molar-refractivity contribution in [3.05, 3.63) is 40.0 Å². The van der Waals surface area contributed by atoms with Crippen LogP contribution in [0.25, 0.3) is 0 Å². The van der Waals surface area contributed by atoms with Crippen LogP contribution >= 0.6 is 39.1 Å². The van der Waals surface area contributed by atoms with Crippen LogP contribution in [0.3, 0.4) is 0 Å². The third kappa shape index (κ3) is 2.34. The fourth-order valence-electron chi connectivity index (χ4n) is 1.26. The van der Waals surface area contributed by atoms with Crippen LogP contribution in [0.5, 0.6) is 0 Å². The van der Waals surface area contributed by atoms with Crippen LogP contribution < -0.4 is 10.4 Å². The standard InChI is InChI=1S/C10H7BrCl2N2O/c11-6-1-3-7(4-2-6)15-5-8(12)9(13)10(16)14-15/h1-5,9H,(H,14,16). The Morgan fingerprint density at radius 2 is 1.94 bits per heavy atom. The minimum absolute atomic E-state index is 0.299. The largest absolute Gasteiger partial charge is 0.271 e. The number of halogens is 3. The van der Waals surface area contributed by atoms with Crippen molar-refractivity contribution < 1.29 is 4.79 Å². The van der Waals surface area contributed by atoms with Crippen molar-refractivity contribution in [2.75, 3.05) is 5.01 Å². The average Bonchev–Trinajstić information content (AvgIpc) is 2.26. The van der Waals surface area contributed by atoms with Crippen molar-refractivity contribution in [1.29, 1.82) is 0 Å². The molecule has 1 aliphatic heterocycles. The second kappa shape index (κ2) is 4.65. The molecule has 1 unspecified atom stereocenters. The third-order valence-electron chi connectivity index (χ3n) is 2.06. The maximum Gasteiger partial charge on any atom is 0.262 e. The zero-order chi connectivity index (χ0) is 11.7. The molecule has 16 heavy (non-hydrogen) atoms. The van der Waals surface area contributed by atoms with E-state index in [1.165, 1.54) is 5.01 Å². The number of carbonyl (C=O) groups excluding carboxylic acids is 1. The van der Waals surface area contributed by atoms with E-state index in [0.29, 0.717) is 5.03 Å². The molecule has 1 N–H and O–H groups in total. The fourth-order valence-corrected chi connectivity index (χ4v) is 1.83. The van der Waals surface area contributed by atoms with E-state index in [0.717, 1.165) is 10.2 Å². The third-order valence-corrected chi connectivity index (χ3v) is 3.45. The molecule has 1 aromatic rings. The van der Waals surface area contributed by atoms with Crippen LogP contribution in [0.1, 0.15) is 0 Å². The second-order valence-corrected chi connectivity index (χ2v) is 4.99. The maximum absolute atomic E-state index is 11.4. The number of hydrogen-bond donors (Lipinski definition) is 1. The first kappa shape index (κ1) is 11.8. The Hall–Kier alpha value is -0.710. The molecule has 1 amide bonds. The number of amides is 1. The van der Waals surface area contributed by atoms with Gasteiger partial charge in [0.2, 0.25) is 0 Å². The Morgan fingerprint density at radius 1 is 1.31 bits per heavy atom. The zero-order valence-electron chi connectivity index (χ0n) is 7.95. The van der Waals surface area contributed by atoms with E-state index in [-0.39, 0.29) is 5.91 Å². The molecule has 0 aliphatic carbocycles. The van der Waals surface area contributed by atoms with E-state index in [4.69, 9.17) is 23.2 Å². The highest BCUT2D eigenvalue weighted by Gasteiger charge is 2.26. The molecule has 1 heterocycles. The number of rotatable bonds is 1. The van der Waals surface area contributed by atoms with Gasteiger partial charge in [-0.15, -0.1) is 11.6 Å². The summed E-state index contributed by atoms with van der Waals surface area (Å²) in [4.78, 5) is 11.4. The van der Waals surface area contributed by atoms with E-state index in [1.807, 2.05) is 24.3 Å². The molecule has 0 aromatic heterocycles. The molecular weight excluding hydrogens is 315 g/mol. The summed E-state index contributed by atoms with van der Waals surface area (Å²) >= 11 is 14.9. The van der Waals surface area contributed by atoms with Gasteiger partial charge in [0, 0.05) is 10.7 Å². The predicted octanol–water partition coefficient (Wildman–Crippen LogP) is 2.99. The lowest BCUT2D eigenvalue weighted by atomic mass is 10.3. The van der Waals surface area contributed by atoms with Crippen LogP contribution in [0.15, 0.2) is 40.0 Å². The van der Waals surface area contributed by atoms with Gasteiger partial charge in [-0.1, -0.05) is 27.5 Å². The Morgan fingerprint density at radius 3 is 2.50 bits per heavy atom. The average molecular weight is 322 g/mol. The molecule has 0 spiro atoms. The SMILES string of the molecule is O=C1NN(c2ccc(Br)cc2)C=C(Cl)C1Cl. The van der Waals surface area contributed by atoms with Crippen LogP contribution in [-0.4, -0.2) is 11.3 Å². The highest BCUT2D eigenvalue weighted by Crippen LogP contribution is 2.24. The van der Waals surface area contributed by atoms with Gasteiger partial charge in [0.25, 0.3) is 5.91 Å². The van der Waals surface area contributed by atoms with Gasteiger partial charge in [-0.3, -0.25) is 15.2 Å². The topological polar surface area (TPSA) is 32.3 Å². The Labute approximate surface area is 111 Å². The van der Waals surface area contributed by atoms with E-state index in [1.54, 1.807) is 6.20 Å². The molecule has 1 aromatic carbocycles. The van der Waals surface area contributed by atoms with Gasteiger partial charge in [0.15, 0.2) is 5.38 Å². The van der Waals surface area contributed by atoms with Crippen LogP contribution in [0.4, 0.5) is 5.69 Å². The number of hydrazine groups is 1. The normalized spacial score (nSPS) is 20.4.